The SMILES string of the molecule is CC(C)C(C#N)C(=O)NCCCn1ccnc1. The normalized spacial score (nSPS) is 12.1. The molecule has 0 spiro atoms. The second-order valence-corrected chi connectivity index (χ2v) is 4.30. The first kappa shape index (κ1) is 13.2. The van der Waals surface area contributed by atoms with E-state index < -0.39 is 5.92 Å². The summed E-state index contributed by atoms with van der Waals surface area (Å²) in [5.74, 6) is -0.676. The molecule has 0 radical (unpaired) electrons. The number of amides is 1. The van der Waals surface area contributed by atoms with E-state index in [9.17, 15) is 4.79 Å². The predicted molar refractivity (Wildman–Crippen MR) is 63.8 cm³/mol. The average molecular weight is 234 g/mol. The standard InChI is InChI=1S/C12H18N4O/c1-10(2)11(8-13)12(17)15-4-3-6-16-7-5-14-9-16/h5,7,9-11H,3-4,6H2,1-2H3,(H,15,17). The Morgan fingerprint density at radius 2 is 2.35 bits per heavy atom. The molecule has 17 heavy (non-hydrogen) atoms. The first-order valence-electron chi connectivity index (χ1n) is 5.78. The topological polar surface area (TPSA) is 70.7 Å². The molecule has 5 heteroatoms. The van der Waals surface area contributed by atoms with E-state index in [1.165, 1.54) is 0 Å². The Balaban J connectivity index is 2.22. The minimum atomic E-state index is -0.553. The highest BCUT2D eigenvalue weighted by atomic mass is 16.1. The third kappa shape index (κ3) is 4.27. The summed E-state index contributed by atoms with van der Waals surface area (Å²) in [6.07, 6.45) is 6.18. The molecule has 92 valence electrons. The van der Waals surface area contributed by atoms with Gasteiger partial charge in [0.15, 0.2) is 0 Å². The Kier molecular flexibility index (Phi) is 5.21. The zero-order chi connectivity index (χ0) is 12.7. The lowest BCUT2D eigenvalue weighted by molar-refractivity contribution is -0.124. The molecule has 0 bridgehead atoms. The molecule has 1 aromatic rings. The summed E-state index contributed by atoms with van der Waals surface area (Å²) in [5.41, 5.74) is 0. The molecule has 1 N–H and O–H groups in total. The van der Waals surface area contributed by atoms with Gasteiger partial charge in [0, 0.05) is 25.5 Å². The van der Waals surface area contributed by atoms with Crippen molar-refractivity contribution >= 4 is 5.91 Å². The zero-order valence-electron chi connectivity index (χ0n) is 10.3. The van der Waals surface area contributed by atoms with Crippen LogP contribution in [0.15, 0.2) is 18.7 Å². The molecule has 5 nitrogen and oxygen atoms in total. The summed E-state index contributed by atoms with van der Waals surface area (Å²) in [4.78, 5) is 15.6. The molecule has 0 saturated carbocycles. The second kappa shape index (κ2) is 6.69. The maximum absolute atomic E-state index is 11.6. The van der Waals surface area contributed by atoms with Gasteiger partial charge in [-0.05, 0) is 12.3 Å². The van der Waals surface area contributed by atoms with Gasteiger partial charge in [0.25, 0.3) is 0 Å². The van der Waals surface area contributed by atoms with Gasteiger partial charge in [-0.3, -0.25) is 4.79 Å². The molecule has 0 saturated heterocycles. The van der Waals surface area contributed by atoms with Crippen LogP contribution in [0.5, 0.6) is 0 Å². The summed E-state index contributed by atoms with van der Waals surface area (Å²) in [5, 5.41) is 11.6. The van der Waals surface area contributed by atoms with Crippen LogP contribution in [0, 0.1) is 23.2 Å². The van der Waals surface area contributed by atoms with Crippen molar-refractivity contribution in [2.75, 3.05) is 6.54 Å². The molecule has 0 aliphatic carbocycles. The van der Waals surface area contributed by atoms with Crippen LogP contribution in [-0.2, 0) is 11.3 Å². The lowest BCUT2D eigenvalue weighted by atomic mass is 9.97. The molecule has 0 aliphatic heterocycles. The molecule has 1 atom stereocenters. The van der Waals surface area contributed by atoms with E-state index in [-0.39, 0.29) is 11.8 Å². The molecule has 1 unspecified atom stereocenters. The van der Waals surface area contributed by atoms with Gasteiger partial charge in [0.05, 0.1) is 12.4 Å². The van der Waals surface area contributed by atoms with E-state index in [0.717, 1.165) is 13.0 Å². The highest BCUT2D eigenvalue weighted by molar-refractivity contribution is 5.81. The second-order valence-electron chi connectivity index (χ2n) is 4.30. The van der Waals surface area contributed by atoms with Crippen LogP contribution in [0.4, 0.5) is 0 Å². The number of aryl methyl sites for hydroxylation is 1. The fourth-order valence-corrected chi connectivity index (χ4v) is 1.51. The predicted octanol–water partition coefficient (Wildman–Crippen LogP) is 1.19. The van der Waals surface area contributed by atoms with Gasteiger partial charge in [0.2, 0.25) is 5.91 Å². The molecule has 0 aromatic carbocycles. The number of rotatable bonds is 6. The Hall–Kier alpha value is -1.83. The number of nitrogens with zero attached hydrogens (tertiary/aromatic N) is 3. The molecule has 1 heterocycles. The van der Waals surface area contributed by atoms with Gasteiger partial charge < -0.3 is 9.88 Å². The minimum absolute atomic E-state index is 0.0497. The van der Waals surface area contributed by atoms with E-state index in [4.69, 9.17) is 5.26 Å². The van der Waals surface area contributed by atoms with Crippen LogP contribution in [0.25, 0.3) is 0 Å². The van der Waals surface area contributed by atoms with Gasteiger partial charge in [-0.1, -0.05) is 13.8 Å². The molecule has 1 rings (SSSR count). The summed E-state index contributed by atoms with van der Waals surface area (Å²) in [6.45, 7) is 5.15. The smallest absolute Gasteiger partial charge is 0.237 e. The summed E-state index contributed by atoms with van der Waals surface area (Å²) in [7, 11) is 0. The van der Waals surface area contributed by atoms with Crippen molar-refractivity contribution in [3.8, 4) is 6.07 Å². The lowest BCUT2D eigenvalue weighted by Gasteiger charge is -2.12. The largest absolute Gasteiger partial charge is 0.355 e. The number of nitrogens with one attached hydrogen (secondary N) is 1. The molecular weight excluding hydrogens is 216 g/mol. The quantitative estimate of drug-likeness (QED) is 0.751. The van der Waals surface area contributed by atoms with Crippen LogP contribution in [0.2, 0.25) is 0 Å². The van der Waals surface area contributed by atoms with Crippen molar-refractivity contribution in [1.29, 1.82) is 5.26 Å². The van der Waals surface area contributed by atoms with E-state index >= 15 is 0 Å². The number of hydrogen-bond acceptors (Lipinski definition) is 3. The molecule has 1 amide bonds. The fourth-order valence-electron chi connectivity index (χ4n) is 1.51. The van der Waals surface area contributed by atoms with E-state index in [1.807, 2.05) is 30.7 Å². The monoisotopic (exact) mass is 234 g/mol. The highest BCUT2D eigenvalue weighted by Crippen LogP contribution is 2.09. The molecule has 1 aromatic heterocycles. The maximum atomic E-state index is 11.6. The first-order chi connectivity index (χ1) is 8.15. The first-order valence-corrected chi connectivity index (χ1v) is 5.78. The fraction of sp³-hybridized carbons (Fsp3) is 0.583. The number of aromatic nitrogens is 2. The molecule has 0 aliphatic rings. The maximum Gasteiger partial charge on any atom is 0.237 e. The van der Waals surface area contributed by atoms with Gasteiger partial charge in [-0.2, -0.15) is 5.26 Å². The van der Waals surface area contributed by atoms with Crippen molar-refractivity contribution in [2.45, 2.75) is 26.8 Å². The summed E-state index contributed by atoms with van der Waals surface area (Å²) in [6, 6.07) is 2.03. The van der Waals surface area contributed by atoms with E-state index in [0.29, 0.717) is 6.54 Å². The lowest BCUT2D eigenvalue weighted by Crippen LogP contribution is -2.33. The number of carbonyl (C=O) groups is 1. The van der Waals surface area contributed by atoms with Crippen molar-refractivity contribution in [3.63, 3.8) is 0 Å². The Labute approximate surface area is 101 Å². The highest BCUT2D eigenvalue weighted by Gasteiger charge is 2.20. The molecular formula is C12H18N4O. The van der Waals surface area contributed by atoms with Crippen molar-refractivity contribution in [2.24, 2.45) is 11.8 Å². The van der Waals surface area contributed by atoms with Crippen LogP contribution < -0.4 is 5.32 Å². The number of hydrogen-bond donors (Lipinski definition) is 1. The third-order valence-corrected chi connectivity index (χ3v) is 2.54. The summed E-state index contributed by atoms with van der Waals surface area (Å²) < 4.78 is 1.95. The summed E-state index contributed by atoms with van der Waals surface area (Å²) >= 11 is 0. The Morgan fingerprint density at radius 1 is 1.59 bits per heavy atom. The van der Waals surface area contributed by atoms with Crippen LogP contribution >= 0.6 is 0 Å². The van der Waals surface area contributed by atoms with Gasteiger partial charge in [-0.15, -0.1) is 0 Å². The van der Waals surface area contributed by atoms with Crippen LogP contribution in [0.3, 0.4) is 0 Å². The van der Waals surface area contributed by atoms with Crippen molar-refractivity contribution < 1.29 is 4.79 Å². The van der Waals surface area contributed by atoms with Crippen molar-refractivity contribution in [3.05, 3.63) is 18.7 Å². The third-order valence-electron chi connectivity index (χ3n) is 2.54. The van der Waals surface area contributed by atoms with Gasteiger partial charge in [-0.25, -0.2) is 4.98 Å². The Morgan fingerprint density at radius 3 is 2.88 bits per heavy atom. The van der Waals surface area contributed by atoms with E-state index in [1.54, 1.807) is 12.5 Å². The number of imidazole rings is 1. The van der Waals surface area contributed by atoms with Crippen molar-refractivity contribution in [1.82, 2.24) is 14.9 Å². The number of carbonyl (C=O) groups excluding carboxylic acids is 1. The average Bonchev–Trinajstić information content (AvgIpc) is 2.77. The van der Waals surface area contributed by atoms with Gasteiger partial charge >= 0.3 is 0 Å². The Bertz CT molecular complexity index is 378. The van der Waals surface area contributed by atoms with Crippen LogP contribution in [-0.4, -0.2) is 22.0 Å². The molecule has 0 fully saturated rings. The van der Waals surface area contributed by atoms with Gasteiger partial charge in [0.1, 0.15) is 5.92 Å². The zero-order valence-corrected chi connectivity index (χ0v) is 10.3. The van der Waals surface area contributed by atoms with Crippen LogP contribution in [0.1, 0.15) is 20.3 Å². The minimum Gasteiger partial charge on any atom is -0.355 e. The number of nitriles is 1. The van der Waals surface area contributed by atoms with E-state index in [2.05, 4.69) is 10.3 Å².